The van der Waals surface area contributed by atoms with Gasteiger partial charge >= 0.3 is 11.9 Å². The van der Waals surface area contributed by atoms with Gasteiger partial charge < -0.3 is 19.8 Å². The number of aromatic nitrogens is 1. The van der Waals surface area contributed by atoms with E-state index in [0.717, 1.165) is 33.5 Å². The summed E-state index contributed by atoms with van der Waals surface area (Å²) in [6.07, 6.45) is 1.69. The minimum absolute atomic E-state index is 0.351. The number of aryl methyl sites for hydroxylation is 2. The van der Waals surface area contributed by atoms with Crippen molar-refractivity contribution in [3.63, 3.8) is 0 Å². The van der Waals surface area contributed by atoms with Crippen molar-refractivity contribution in [2.45, 2.75) is 53.6 Å². The van der Waals surface area contributed by atoms with Crippen LogP contribution >= 0.6 is 0 Å². The normalized spacial score (nSPS) is 11.2. The Balaban J connectivity index is 1.82. The third kappa shape index (κ3) is 4.64. The van der Waals surface area contributed by atoms with Crippen LogP contribution in [-0.2, 0) is 14.3 Å². The molecule has 1 heterocycles. The maximum Gasteiger partial charge on any atom is 0.397 e. The molecule has 0 aliphatic carbocycles. The topological polar surface area (TPSA) is 80.4 Å². The number of carbonyl (C=O) groups is 2. The molecule has 3 rings (SSSR count). The highest BCUT2D eigenvalue weighted by atomic mass is 16.5. The number of rotatable bonds is 5. The number of H-pyrrole nitrogens is 1. The molecule has 1 amide bonds. The van der Waals surface area contributed by atoms with Crippen LogP contribution in [0.2, 0.25) is 0 Å². The van der Waals surface area contributed by atoms with Gasteiger partial charge in [-0.05, 0) is 80.6 Å². The maximum atomic E-state index is 12.0. The maximum absolute atomic E-state index is 12.0. The van der Waals surface area contributed by atoms with Crippen LogP contribution in [0, 0.1) is 13.8 Å². The summed E-state index contributed by atoms with van der Waals surface area (Å²) in [4.78, 5) is 27.0. The fraction of sp³-hybridized carbons (Fsp3) is 0.333. The first-order chi connectivity index (χ1) is 14.2. The van der Waals surface area contributed by atoms with Crippen molar-refractivity contribution in [3.8, 4) is 11.5 Å². The Labute approximate surface area is 176 Å². The lowest BCUT2D eigenvalue weighted by molar-refractivity contribution is -0.155. The zero-order chi connectivity index (χ0) is 22.0. The number of anilines is 1. The van der Waals surface area contributed by atoms with Crippen molar-refractivity contribution >= 4 is 28.5 Å². The largest absolute Gasteiger partial charge is 0.457 e. The lowest BCUT2D eigenvalue weighted by Gasteiger charge is -2.15. The van der Waals surface area contributed by atoms with E-state index >= 15 is 0 Å². The average Bonchev–Trinajstić information content (AvgIpc) is 3.07. The van der Waals surface area contributed by atoms with E-state index in [-0.39, 0.29) is 6.10 Å². The highest BCUT2D eigenvalue weighted by Gasteiger charge is 2.18. The Bertz CT molecular complexity index is 1070. The number of hydrogen-bond donors (Lipinski definition) is 2. The Morgan fingerprint density at radius 2 is 1.67 bits per heavy atom. The molecule has 6 nitrogen and oxygen atoms in total. The lowest BCUT2D eigenvalue weighted by Crippen LogP contribution is -2.27. The SMILES string of the molecule is Cc1cc(NC(=O)C(=O)OC(C)C)cc(C)c1Oc1ccc2[nH]cc(C(C)C)c2c1. The number of carbonyl (C=O) groups excluding carboxylic acids is 2. The number of esters is 1. The van der Waals surface area contributed by atoms with Crippen LogP contribution in [0.3, 0.4) is 0 Å². The van der Waals surface area contributed by atoms with Gasteiger partial charge in [0.25, 0.3) is 0 Å². The van der Waals surface area contributed by atoms with E-state index in [2.05, 4.69) is 24.1 Å². The van der Waals surface area contributed by atoms with E-state index in [9.17, 15) is 9.59 Å². The number of ether oxygens (including phenoxy) is 2. The number of benzene rings is 2. The standard InChI is InChI=1S/C24H28N2O4/c1-13(2)20-12-25-21-8-7-18(11-19(20)21)30-22-15(5)9-17(10-16(22)6)26-23(27)24(28)29-14(3)4/h7-14,25H,1-6H3,(H,26,27). The fourth-order valence-corrected chi connectivity index (χ4v) is 3.41. The minimum atomic E-state index is -0.901. The van der Waals surface area contributed by atoms with Gasteiger partial charge in [0.05, 0.1) is 6.10 Å². The first-order valence-corrected chi connectivity index (χ1v) is 10.1. The van der Waals surface area contributed by atoms with Gasteiger partial charge in [-0.25, -0.2) is 4.79 Å². The van der Waals surface area contributed by atoms with Crippen LogP contribution in [0.15, 0.2) is 36.5 Å². The molecule has 0 aliphatic rings. The molecule has 0 radical (unpaired) electrons. The summed E-state index contributed by atoms with van der Waals surface area (Å²) in [5.74, 6) is 0.172. The Hall–Kier alpha value is -3.28. The van der Waals surface area contributed by atoms with Gasteiger partial charge in [-0.3, -0.25) is 4.79 Å². The van der Waals surface area contributed by atoms with Gasteiger partial charge in [-0.2, -0.15) is 0 Å². The third-order valence-corrected chi connectivity index (χ3v) is 4.77. The molecule has 30 heavy (non-hydrogen) atoms. The van der Waals surface area contributed by atoms with E-state index in [1.165, 1.54) is 5.56 Å². The number of nitrogens with one attached hydrogen (secondary N) is 2. The summed E-state index contributed by atoms with van der Waals surface area (Å²) in [5.41, 5.74) is 4.54. The zero-order valence-electron chi connectivity index (χ0n) is 18.3. The van der Waals surface area contributed by atoms with Crippen LogP contribution in [0.25, 0.3) is 10.9 Å². The Morgan fingerprint density at radius 1 is 1.00 bits per heavy atom. The molecule has 0 saturated carbocycles. The molecule has 0 bridgehead atoms. The molecule has 0 atom stereocenters. The fourth-order valence-electron chi connectivity index (χ4n) is 3.41. The van der Waals surface area contributed by atoms with Gasteiger partial charge in [0.15, 0.2) is 0 Å². The second-order valence-electron chi connectivity index (χ2n) is 8.06. The van der Waals surface area contributed by atoms with Crippen molar-refractivity contribution in [3.05, 3.63) is 53.2 Å². The van der Waals surface area contributed by atoms with Gasteiger partial charge in [0, 0.05) is 22.8 Å². The Kier molecular flexibility index (Phi) is 6.15. The molecule has 0 saturated heterocycles. The van der Waals surface area contributed by atoms with Crippen LogP contribution < -0.4 is 10.1 Å². The zero-order valence-corrected chi connectivity index (χ0v) is 18.3. The van der Waals surface area contributed by atoms with Gasteiger partial charge in [0.2, 0.25) is 0 Å². The molecule has 2 aromatic carbocycles. The predicted octanol–water partition coefficient (Wildman–Crippen LogP) is 5.59. The van der Waals surface area contributed by atoms with Crippen molar-refractivity contribution in [1.29, 1.82) is 0 Å². The molecule has 0 aliphatic heterocycles. The molecule has 3 aromatic rings. The van der Waals surface area contributed by atoms with E-state index in [4.69, 9.17) is 9.47 Å². The quantitative estimate of drug-likeness (QED) is 0.426. The summed E-state index contributed by atoms with van der Waals surface area (Å²) in [6.45, 7) is 11.5. The van der Waals surface area contributed by atoms with Crippen LogP contribution in [0.1, 0.15) is 50.3 Å². The van der Waals surface area contributed by atoms with Gasteiger partial charge in [-0.15, -0.1) is 0 Å². The number of aromatic amines is 1. The van der Waals surface area contributed by atoms with Crippen LogP contribution in [0.4, 0.5) is 5.69 Å². The predicted molar refractivity (Wildman–Crippen MR) is 118 cm³/mol. The monoisotopic (exact) mass is 408 g/mol. The summed E-state index contributed by atoms with van der Waals surface area (Å²) in [7, 11) is 0. The van der Waals surface area contributed by atoms with Crippen LogP contribution in [0.5, 0.6) is 11.5 Å². The number of amides is 1. The molecule has 0 fully saturated rings. The molecule has 2 N–H and O–H groups in total. The molecule has 6 heteroatoms. The van der Waals surface area contributed by atoms with Crippen molar-refractivity contribution in [2.75, 3.05) is 5.32 Å². The number of fused-ring (bicyclic) bond motifs is 1. The first kappa shape index (κ1) is 21.4. The molecular formula is C24H28N2O4. The van der Waals surface area contributed by atoms with Gasteiger partial charge in [0.1, 0.15) is 11.5 Å². The van der Waals surface area contributed by atoms with E-state index in [0.29, 0.717) is 11.6 Å². The molecule has 0 unspecified atom stereocenters. The summed E-state index contributed by atoms with van der Waals surface area (Å²) < 4.78 is 11.1. The van der Waals surface area contributed by atoms with E-state index in [1.54, 1.807) is 26.0 Å². The molecule has 0 spiro atoms. The van der Waals surface area contributed by atoms with Crippen molar-refractivity contribution < 1.29 is 19.1 Å². The van der Waals surface area contributed by atoms with Crippen LogP contribution in [-0.4, -0.2) is 23.0 Å². The van der Waals surface area contributed by atoms with E-state index < -0.39 is 11.9 Å². The third-order valence-electron chi connectivity index (χ3n) is 4.77. The van der Waals surface area contributed by atoms with Crippen molar-refractivity contribution in [1.82, 2.24) is 4.98 Å². The number of hydrogen-bond acceptors (Lipinski definition) is 4. The second-order valence-corrected chi connectivity index (χ2v) is 8.06. The highest BCUT2D eigenvalue weighted by molar-refractivity contribution is 6.37. The molecule has 158 valence electrons. The molecule has 1 aromatic heterocycles. The summed E-state index contributed by atoms with van der Waals surface area (Å²) >= 11 is 0. The lowest BCUT2D eigenvalue weighted by atomic mass is 10.0. The van der Waals surface area contributed by atoms with Crippen molar-refractivity contribution in [2.24, 2.45) is 0 Å². The first-order valence-electron chi connectivity index (χ1n) is 10.1. The average molecular weight is 408 g/mol. The second kappa shape index (κ2) is 8.61. The summed E-state index contributed by atoms with van der Waals surface area (Å²) in [5, 5.41) is 3.73. The summed E-state index contributed by atoms with van der Waals surface area (Å²) in [6, 6.07) is 9.53. The van der Waals surface area contributed by atoms with Gasteiger partial charge in [-0.1, -0.05) is 13.8 Å². The highest BCUT2D eigenvalue weighted by Crippen LogP contribution is 2.34. The Morgan fingerprint density at radius 3 is 2.27 bits per heavy atom. The minimum Gasteiger partial charge on any atom is -0.457 e. The smallest absolute Gasteiger partial charge is 0.397 e. The molecular weight excluding hydrogens is 380 g/mol. The van der Waals surface area contributed by atoms with E-state index in [1.807, 2.05) is 38.2 Å².